The molecule has 5 unspecified atom stereocenters. The van der Waals surface area contributed by atoms with Crippen LogP contribution in [-0.2, 0) is 22.6 Å². The van der Waals surface area contributed by atoms with Gasteiger partial charge in [-0.2, -0.15) is 0 Å². The monoisotopic (exact) mass is 713 g/mol. The van der Waals surface area contributed by atoms with Gasteiger partial charge in [-0.05, 0) is 83.6 Å². The van der Waals surface area contributed by atoms with Crippen LogP contribution in [0.1, 0.15) is 54.4 Å². The molecular weight excluding hydrogens is 666 g/mol. The molecule has 2 heterocycles. The number of nitrogens with zero attached hydrogens (tertiary/aromatic N) is 1. The number of aliphatic hydroxyl groups excluding tert-OH is 2. The zero-order valence-corrected chi connectivity index (χ0v) is 29.9. The fourth-order valence-electron chi connectivity index (χ4n) is 7.26. The van der Waals surface area contributed by atoms with E-state index in [0.717, 1.165) is 65.1 Å². The summed E-state index contributed by atoms with van der Waals surface area (Å²) in [5, 5.41) is 25.5. The molecule has 53 heavy (non-hydrogen) atoms. The van der Waals surface area contributed by atoms with E-state index < -0.39 is 6.29 Å². The number of urea groups is 1. The van der Waals surface area contributed by atoms with Crippen LogP contribution in [0, 0.1) is 5.92 Å². The average molecular weight is 714 g/mol. The number of likely N-dealkylation sites (tertiary alicyclic amines) is 1. The van der Waals surface area contributed by atoms with Crippen molar-refractivity contribution in [2.45, 2.75) is 57.5 Å². The maximum Gasteiger partial charge on any atom is 0.319 e. The fourth-order valence-corrected chi connectivity index (χ4v) is 7.26. The van der Waals surface area contributed by atoms with Crippen LogP contribution < -0.4 is 15.4 Å². The molecule has 0 aromatic heterocycles. The van der Waals surface area contributed by atoms with Gasteiger partial charge in [0.1, 0.15) is 11.5 Å². The van der Waals surface area contributed by atoms with Crippen molar-refractivity contribution in [2.24, 2.45) is 5.92 Å². The minimum absolute atomic E-state index is 0.00749. The molecule has 2 aliphatic rings. The van der Waals surface area contributed by atoms with E-state index in [9.17, 15) is 15.0 Å². The van der Waals surface area contributed by atoms with Crippen molar-refractivity contribution in [3.8, 4) is 22.6 Å². The lowest BCUT2D eigenvalue weighted by molar-refractivity contribution is -0.276. The fraction of sp³-hybridized carbons (Fsp3) is 0.295. The molecule has 2 fully saturated rings. The van der Waals surface area contributed by atoms with Crippen LogP contribution in [0.2, 0.25) is 0 Å². The lowest BCUT2D eigenvalue weighted by Crippen LogP contribution is -2.46. The summed E-state index contributed by atoms with van der Waals surface area (Å²) in [5.41, 5.74) is 6.49. The number of hydrogen-bond donors (Lipinski definition) is 4. The van der Waals surface area contributed by atoms with Crippen molar-refractivity contribution >= 4 is 11.7 Å². The second kappa shape index (κ2) is 17.2. The number of para-hydroxylation sites is 1. The Morgan fingerprint density at radius 2 is 1.51 bits per heavy atom. The molecule has 0 bridgehead atoms. The van der Waals surface area contributed by atoms with Crippen molar-refractivity contribution in [3.63, 3.8) is 0 Å². The summed E-state index contributed by atoms with van der Waals surface area (Å²) in [4.78, 5) is 15.2. The van der Waals surface area contributed by atoms with Crippen LogP contribution in [0.5, 0.6) is 11.5 Å². The molecule has 0 saturated carbocycles. The van der Waals surface area contributed by atoms with Crippen LogP contribution in [-0.4, -0.2) is 53.0 Å². The smallest absolute Gasteiger partial charge is 0.319 e. The molecule has 0 radical (unpaired) electrons. The van der Waals surface area contributed by atoms with Crippen molar-refractivity contribution in [1.82, 2.24) is 10.2 Å². The van der Waals surface area contributed by atoms with Gasteiger partial charge >= 0.3 is 6.03 Å². The van der Waals surface area contributed by atoms with E-state index in [2.05, 4.69) is 40.7 Å². The summed E-state index contributed by atoms with van der Waals surface area (Å²) >= 11 is 0. The van der Waals surface area contributed by atoms with Gasteiger partial charge in [-0.3, -0.25) is 4.90 Å². The van der Waals surface area contributed by atoms with E-state index in [4.69, 9.17) is 14.2 Å². The van der Waals surface area contributed by atoms with Crippen molar-refractivity contribution in [1.29, 1.82) is 0 Å². The number of anilines is 1. The van der Waals surface area contributed by atoms with Gasteiger partial charge in [0.2, 0.25) is 0 Å². The summed E-state index contributed by atoms with van der Waals surface area (Å²) < 4.78 is 19.3. The molecule has 7 rings (SSSR count). The first-order valence-electron chi connectivity index (χ1n) is 18.4. The number of carbonyl (C=O) groups excluding carboxylic acids is 1. The Balaban J connectivity index is 1.02. The first kappa shape index (κ1) is 36.3. The highest BCUT2D eigenvalue weighted by molar-refractivity contribution is 5.89. The normalized spacial score (nSPS) is 21.6. The van der Waals surface area contributed by atoms with Gasteiger partial charge in [-0.15, -0.1) is 0 Å². The molecule has 5 atom stereocenters. The van der Waals surface area contributed by atoms with Crippen LogP contribution >= 0.6 is 0 Å². The summed E-state index contributed by atoms with van der Waals surface area (Å²) in [7, 11) is 0. The third-order valence-electron chi connectivity index (χ3n) is 10.3. The highest BCUT2D eigenvalue weighted by Gasteiger charge is 2.40. The number of nitrogens with one attached hydrogen (secondary N) is 2. The van der Waals surface area contributed by atoms with Crippen LogP contribution in [0.25, 0.3) is 11.1 Å². The van der Waals surface area contributed by atoms with Gasteiger partial charge in [0.25, 0.3) is 0 Å². The molecule has 274 valence electrons. The lowest BCUT2D eigenvalue weighted by atomic mass is 9.89. The molecule has 4 N–H and O–H groups in total. The summed E-state index contributed by atoms with van der Waals surface area (Å²) in [5.74, 6) is 1.50. The van der Waals surface area contributed by atoms with Crippen LogP contribution in [0.4, 0.5) is 10.5 Å². The molecule has 9 heteroatoms. The van der Waals surface area contributed by atoms with E-state index in [0.29, 0.717) is 18.0 Å². The van der Waals surface area contributed by atoms with E-state index in [-0.39, 0.29) is 43.4 Å². The number of hydrogen-bond acceptors (Lipinski definition) is 7. The Morgan fingerprint density at radius 3 is 2.25 bits per heavy atom. The van der Waals surface area contributed by atoms with E-state index in [1.165, 1.54) is 0 Å². The van der Waals surface area contributed by atoms with Gasteiger partial charge in [0.05, 0.1) is 25.4 Å². The third-order valence-corrected chi connectivity index (χ3v) is 10.3. The van der Waals surface area contributed by atoms with Gasteiger partial charge in [0, 0.05) is 36.3 Å². The first-order valence-corrected chi connectivity index (χ1v) is 18.4. The third kappa shape index (κ3) is 8.96. The second-order valence-corrected chi connectivity index (χ2v) is 13.8. The predicted molar refractivity (Wildman–Crippen MR) is 205 cm³/mol. The first-order chi connectivity index (χ1) is 26.0. The molecule has 2 saturated heterocycles. The van der Waals surface area contributed by atoms with E-state index in [1.807, 2.05) is 109 Å². The van der Waals surface area contributed by atoms with Crippen LogP contribution in [0.15, 0.2) is 127 Å². The molecule has 0 aliphatic carbocycles. The van der Waals surface area contributed by atoms with Gasteiger partial charge in [-0.1, -0.05) is 97.9 Å². The minimum atomic E-state index is -0.581. The lowest BCUT2D eigenvalue weighted by Gasteiger charge is -2.43. The summed E-state index contributed by atoms with van der Waals surface area (Å²) in [6.07, 6.45) is 1.16. The van der Waals surface area contributed by atoms with Crippen molar-refractivity contribution < 1.29 is 29.2 Å². The number of rotatable bonds is 12. The minimum Gasteiger partial charge on any atom is -0.457 e. The number of amides is 2. The van der Waals surface area contributed by atoms with Gasteiger partial charge < -0.3 is 35.1 Å². The Bertz CT molecular complexity index is 1920. The summed E-state index contributed by atoms with van der Waals surface area (Å²) in [6.45, 7) is 4.32. The molecule has 2 aliphatic heterocycles. The Hall–Kier alpha value is -5.03. The van der Waals surface area contributed by atoms with Crippen LogP contribution in [0.3, 0.4) is 0 Å². The average Bonchev–Trinajstić information content (AvgIpc) is 3.66. The summed E-state index contributed by atoms with van der Waals surface area (Å²) in [6, 6.07) is 40.9. The standard InChI is InChI=1S/C44H47N3O6/c1-30-41(27-47-25-7-9-37(47)29-49)52-43(53-42(30)33-15-13-31(28-48)14-16-33)34-19-17-32(18-20-34)40-12-6-5-8-35(40)26-45-44(50)46-36-21-23-39(24-22-36)51-38-10-3-2-4-11-38/h2-6,8,10-24,30,37,41-43,48-49H,7,9,25-29H2,1H3,(H2,45,46,50). The second-order valence-electron chi connectivity index (χ2n) is 13.8. The largest absolute Gasteiger partial charge is 0.457 e. The zero-order valence-electron chi connectivity index (χ0n) is 29.9. The van der Waals surface area contributed by atoms with Crippen molar-refractivity contribution in [3.05, 3.63) is 150 Å². The van der Waals surface area contributed by atoms with Crippen molar-refractivity contribution in [2.75, 3.05) is 25.0 Å². The Morgan fingerprint density at radius 1 is 0.811 bits per heavy atom. The van der Waals surface area contributed by atoms with Gasteiger partial charge in [0.15, 0.2) is 6.29 Å². The Labute approximate surface area is 311 Å². The molecule has 5 aromatic carbocycles. The quantitative estimate of drug-likeness (QED) is 0.103. The molecule has 9 nitrogen and oxygen atoms in total. The number of benzene rings is 5. The molecular formula is C44H47N3O6. The topological polar surface area (TPSA) is 113 Å². The SMILES string of the molecule is CC1C(CN2CCCC2CO)OC(c2ccc(-c3ccccc3CNC(=O)Nc3ccc(Oc4ccccc4)cc3)cc2)OC1c1ccc(CO)cc1. The maximum atomic E-state index is 12.9. The highest BCUT2D eigenvalue weighted by Crippen LogP contribution is 2.42. The highest BCUT2D eigenvalue weighted by atomic mass is 16.7. The molecule has 0 spiro atoms. The van der Waals surface area contributed by atoms with Gasteiger partial charge in [-0.25, -0.2) is 4.79 Å². The van der Waals surface area contributed by atoms with E-state index >= 15 is 0 Å². The Kier molecular flexibility index (Phi) is 11.8. The predicted octanol–water partition coefficient (Wildman–Crippen LogP) is 8.21. The molecule has 2 amide bonds. The molecule has 5 aromatic rings. The number of aliphatic hydroxyl groups is 2. The number of ether oxygens (including phenoxy) is 3. The number of carbonyl (C=O) groups is 1. The maximum absolute atomic E-state index is 12.9. The van der Waals surface area contributed by atoms with E-state index in [1.54, 1.807) is 0 Å². The zero-order chi connectivity index (χ0) is 36.6.